The first-order valence-corrected chi connectivity index (χ1v) is 5.12. The molecule has 0 aliphatic carbocycles. The molecule has 4 heteroatoms. The van der Waals surface area contributed by atoms with Crippen LogP contribution >= 0.6 is 11.6 Å². The minimum atomic E-state index is 0.716. The summed E-state index contributed by atoms with van der Waals surface area (Å²) in [5, 5.41) is 3.94. The Bertz CT molecular complexity index is 451. The van der Waals surface area contributed by atoms with Gasteiger partial charge in [-0.25, -0.2) is 4.98 Å². The summed E-state index contributed by atoms with van der Waals surface area (Å²) in [5.74, 6) is 0.785. The molecule has 2 N–H and O–H groups in total. The molecular formula is C11H12ClN3. The number of aromatic nitrogens is 2. The Balaban J connectivity index is 1.99. The molecule has 1 heterocycles. The number of H-pyrrole nitrogens is 1. The lowest BCUT2D eigenvalue weighted by atomic mass is 10.2. The molecule has 0 aliphatic heterocycles. The molecule has 0 unspecified atom stereocenters. The second-order valence-corrected chi connectivity index (χ2v) is 3.83. The molecule has 15 heavy (non-hydrogen) atoms. The van der Waals surface area contributed by atoms with Crippen molar-refractivity contribution in [3.05, 3.63) is 46.7 Å². The molecule has 0 atom stereocenters. The standard InChI is InChI=1S/C11H12ClN3/c1-8-6-13-11(15-8)14-7-9-3-2-4-10(12)5-9/h2-6H,7H2,1H3,(H2,13,14,15). The summed E-state index contributed by atoms with van der Waals surface area (Å²) in [6, 6.07) is 7.76. The first-order chi connectivity index (χ1) is 7.24. The number of hydrogen-bond acceptors (Lipinski definition) is 2. The maximum atomic E-state index is 5.88. The van der Waals surface area contributed by atoms with Crippen LogP contribution in [0.15, 0.2) is 30.5 Å². The van der Waals surface area contributed by atoms with Crippen molar-refractivity contribution < 1.29 is 0 Å². The van der Waals surface area contributed by atoms with Gasteiger partial charge in [0.15, 0.2) is 0 Å². The highest BCUT2D eigenvalue weighted by Crippen LogP contribution is 2.11. The number of hydrogen-bond donors (Lipinski definition) is 2. The Morgan fingerprint density at radius 2 is 2.33 bits per heavy atom. The molecule has 3 nitrogen and oxygen atoms in total. The molecule has 0 saturated carbocycles. The van der Waals surface area contributed by atoms with E-state index < -0.39 is 0 Å². The molecular weight excluding hydrogens is 210 g/mol. The number of nitrogens with one attached hydrogen (secondary N) is 2. The van der Waals surface area contributed by atoms with E-state index in [0.717, 1.165) is 22.2 Å². The van der Waals surface area contributed by atoms with Gasteiger partial charge < -0.3 is 10.3 Å². The van der Waals surface area contributed by atoms with E-state index in [1.165, 1.54) is 0 Å². The zero-order chi connectivity index (χ0) is 10.7. The molecule has 2 rings (SSSR count). The zero-order valence-electron chi connectivity index (χ0n) is 8.42. The minimum Gasteiger partial charge on any atom is -0.352 e. The number of anilines is 1. The van der Waals surface area contributed by atoms with Crippen molar-refractivity contribution >= 4 is 17.5 Å². The maximum absolute atomic E-state index is 5.88. The number of halogens is 1. The number of nitrogens with zero attached hydrogens (tertiary/aromatic N) is 1. The Labute approximate surface area is 93.5 Å². The molecule has 0 radical (unpaired) electrons. The minimum absolute atomic E-state index is 0.716. The Kier molecular flexibility index (Phi) is 2.92. The Hall–Kier alpha value is -1.48. The molecule has 0 bridgehead atoms. The van der Waals surface area contributed by atoms with Crippen molar-refractivity contribution in [2.24, 2.45) is 0 Å². The van der Waals surface area contributed by atoms with Crippen molar-refractivity contribution in [2.75, 3.05) is 5.32 Å². The summed E-state index contributed by atoms with van der Waals surface area (Å²) in [6.45, 7) is 2.69. The van der Waals surface area contributed by atoms with Crippen LogP contribution in [-0.2, 0) is 6.54 Å². The van der Waals surface area contributed by atoms with Crippen LogP contribution in [0, 0.1) is 6.92 Å². The first kappa shape index (κ1) is 10.1. The van der Waals surface area contributed by atoms with Gasteiger partial charge >= 0.3 is 0 Å². The van der Waals surface area contributed by atoms with Crippen LogP contribution < -0.4 is 5.32 Å². The van der Waals surface area contributed by atoms with E-state index in [-0.39, 0.29) is 0 Å². The molecule has 0 fully saturated rings. The zero-order valence-corrected chi connectivity index (χ0v) is 9.17. The quantitative estimate of drug-likeness (QED) is 0.837. The van der Waals surface area contributed by atoms with Gasteiger partial charge in [0.25, 0.3) is 0 Å². The van der Waals surface area contributed by atoms with Gasteiger partial charge in [-0.2, -0.15) is 0 Å². The van der Waals surface area contributed by atoms with Crippen molar-refractivity contribution in [3.63, 3.8) is 0 Å². The third-order valence-electron chi connectivity index (χ3n) is 2.05. The molecule has 0 amide bonds. The lowest BCUT2D eigenvalue weighted by molar-refractivity contribution is 1.09. The molecule has 0 saturated heterocycles. The van der Waals surface area contributed by atoms with E-state index in [9.17, 15) is 0 Å². The molecule has 1 aromatic heterocycles. The number of aryl methyl sites for hydroxylation is 1. The van der Waals surface area contributed by atoms with E-state index in [1.54, 1.807) is 6.20 Å². The molecule has 2 aromatic rings. The fourth-order valence-corrected chi connectivity index (χ4v) is 1.55. The summed E-state index contributed by atoms with van der Waals surface area (Å²) in [5.41, 5.74) is 2.18. The molecule has 0 aliphatic rings. The van der Waals surface area contributed by atoms with Gasteiger partial charge in [-0.05, 0) is 24.6 Å². The van der Waals surface area contributed by atoms with E-state index in [1.807, 2.05) is 31.2 Å². The average molecular weight is 222 g/mol. The number of rotatable bonds is 3. The predicted molar refractivity (Wildman–Crippen MR) is 62.1 cm³/mol. The summed E-state index contributed by atoms with van der Waals surface area (Å²) < 4.78 is 0. The van der Waals surface area contributed by atoms with Gasteiger partial charge in [0.2, 0.25) is 5.95 Å². The van der Waals surface area contributed by atoms with Crippen LogP contribution in [0.3, 0.4) is 0 Å². The Morgan fingerprint density at radius 3 is 3.00 bits per heavy atom. The Morgan fingerprint density at radius 1 is 1.47 bits per heavy atom. The second-order valence-electron chi connectivity index (χ2n) is 3.40. The summed E-state index contributed by atoms with van der Waals surface area (Å²) in [4.78, 5) is 7.26. The predicted octanol–water partition coefficient (Wildman–Crippen LogP) is 2.98. The highest BCUT2D eigenvalue weighted by atomic mass is 35.5. The number of benzene rings is 1. The molecule has 1 aromatic carbocycles. The summed E-state index contributed by atoms with van der Waals surface area (Å²) in [7, 11) is 0. The monoisotopic (exact) mass is 221 g/mol. The van der Waals surface area contributed by atoms with Gasteiger partial charge in [-0.15, -0.1) is 0 Å². The van der Waals surface area contributed by atoms with Crippen molar-refractivity contribution in [1.29, 1.82) is 0 Å². The lowest BCUT2D eigenvalue weighted by Gasteiger charge is -2.03. The number of imidazole rings is 1. The van der Waals surface area contributed by atoms with Crippen LogP contribution in [0.2, 0.25) is 5.02 Å². The van der Waals surface area contributed by atoms with Gasteiger partial charge in [0.05, 0.1) is 0 Å². The van der Waals surface area contributed by atoms with Crippen LogP contribution in [-0.4, -0.2) is 9.97 Å². The van der Waals surface area contributed by atoms with E-state index in [4.69, 9.17) is 11.6 Å². The second kappa shape index (κ2) is 4.36. The smallest absolute Gasteiger partial charge is 0.200 e. The lowest BCUT2D eigenvalue weighted by Crippen LogP contribution is -2.00. The fraction of sp³-hybridized carbons (Fsp3) is 0.182. The third kappa shape index (κ3) is 2.73. The van der Waals surface area contributed by atoms with Crippen LogP contribution in [0.5, 0.6) is 0 Å². The number of aromatic amines is 1. The molecule has 78 valence electrons. The van der Waals surface area contributed by atoms with Crippen molar-refractivity contribution in [1.82, 2.24) is 9.97 Å². The first-order valence-electron chi connectivity index (χ1n) is 4.74. The third-order valence-corrected chi connectivity index (χ3v) is 2.29. The van der Waals surface area contributed by atoms with Gasteiger partial charge in [0.1, 0.15) is 0 Å². The largest absolute Gasteiger partial charge is 0.352 e. The highest BCUT2D eigenvalue weighted by molar-refractivity contribution is 6.30. The highest BCUT2D eigenvalue weighted by Gasteiger charge is 1.97. The van der Waals surface area contributed by atoms with E-state index >= 15 is 0 Å². The normalized spacial score (nSPS) is 10.3. The van der Waals surface area contributed by atoms with Crippen LogP contribution in [0.4, 0.5) is 5.95 Å². The van der Waals surface area contributed by atoms with Crippen LogP contribution in [0.1, 0.15) is 11.3 Å². The van der Waals surface area contributed by atoms with Crippen molar-refractivity contribution in [3.8, 4) is 0 Å². The fourth-order valence-electron chi connectivity index (χ4n) is 1.34. The molecule has 0 spiro atoms. The van der Waals surface area contributed by atoms with E-state index in [2.05, 4.69) is 15.3 Å². The van der Waals surface area contributed by atoms with E-state index in [0.29, 0.717) is 6.54 Å². The van der Waals surface area contributed by atoms with Crippen molar-refractivity contribution in [2.45, 2.75) is 13.5 Å². The topological polar surface area (TPSA) is 40.7 Å². The van der Waals surface area contributed by atoms with Gasteiger partial charge in [-0.1, -0.05) is 23.7 Å². The van der Waals surface area contributed by atoms with Gasteiger partial charge in [-0.3, -0.25) is 0 Å². The maximum Gasteiger partial charge on any atom is 0.200 e. The van der Waals surface area contributed by atoms with Crippen LogP contribution in [0.25, 0.3) is 0 Å². The summed E-state index contributed by atoms with van der Waals surface area (Å²) in [6.07, 6.45) is 1.79. The van der Waals surface area contributed by atoms with Gasteiger partial charge in [0, 0.05) is 23.5 Å². The average Bonchev–Trinajstić information content (AvgIpc) is 2.62. The SMILES string of the molecule is Cc1cnc(NCc2cccc(Cl)c2)[nH]1. The summed E-state index contributed by atoms with van der Waals surface area (Å²) >= 11 is 5.88.